The molecule has 0 radical (unpaired) electrons. The maximum atomic E-state index is 11.6. The number of aryl methyl sites for hydroxylation is 2. The van der Waals surface area contributed by atoms with E-state index in [2.05, 4.69) is 21.6 Å². The van der Waals surface area contributed by atoms with E-state index < -0.39 is 4.92 Å². The van der Waals surface area contributed by atoms with Gasteiger partial charge in [-0.05, 0) is 38.1 Å². The molecule has 162 valence electrons. The van der Waals surface area contributed by atoms with Gasteiger partial charge in [0.1, 0.15) is 11.6 Å². The standard InChI is InChI=1S/C23H21N5O3S/c1-15-4-7-19(8-5-15)32-22-9-6-17(11-21(22)28(29)30)13-25-27-23-20(12-24)18(14-31-3)10-16(2)26-23/h4-11,13H,14H2,1-3H3,(H,26,27)/b25-13-. The minimum absolute atomic E-state index is 0.00620. The number of anilines is 1. The highest BCUT2D eigenvalue weighted by molar-refractivity contribution is 7.99. The van der Waals surface area contributed by atoms with E-state index in [0.717, 1.165) is 10.5 Å². The van der Waals surface area contributed by atoms with Crippen LogP contribution in [0.5, 0.6) is 0 Å². The number of hydrogen-bond acceptors (Lipinski definition) is 8. The number of pyridine rings is 1. The van der Waals surface area contributed by atoms with E-state index >= 15 is 0 Å². The molecule has 0 saturated carbocycles. The molecule has 0 aliphatic heterocycles. The minimum atomic E-state index is -0.409. The monoisotopic (exact) mass is 447 g/mol. The highest BCUT2D eigenvalue weighted by atomic mass is 32.2. The van der Waals surface area contributed by atoms with Crippen LogP contribution in [0.4, 0.5) is 11.5 Å². The van der Waals surface area contributed by atoms with Crippen molar-refractivity contribution < 1.29 is 9.66 Å². The van der Waals surface area contributed by atoms with E-state index in [-0.39, 0.29) is 12.3 Å². The fourth-order valence-electron chi connectivity index (χ4n) is 2.96. The van der Waals surface area contributed by atoms with Gasteiger partial charge in [0.25, 0.3) is 5.69 Å². The summed E-state index contributed by atoms with van der Waals surface area (Å²) in [5.41, 5.74) is 6.18. The van der Waals surface area contributed by atoms with Gasteiger partial charge in [-0.2, -0.15) is 10.4 Å². The summed E-state index contributed by atoms with van der Waals surface area (Å²) in [6, 6.07) is 16.6. The minimum Gasteiger partial charge on any atom is -0.380 e. The first kappa shape index (κ1) is 22.9. The Morgan fingerprint density at radius 3 is 2.66 bits per heavy atom. The third-order valence-electron chi connectivity index (χ3n) is 4.45. The molecular formula is C23H21N5O3S. The maximum Gasteiger partial charge on any atom is 0.283 e. The molecule has 0 amide bonds. The van der Waals surface area contributed by atoms with E-state index in [1.165, 1.54) is 24.0 Å². The van der Waals surface area contributed by atoms with Crippen LogP contribution in [-0.2, 0) is 11.3 Å². The second kappa shape index (κ2) is 10.5. The molecule has 2 aromatic carbocycles. The second-order valence-corrected chi connectivity index (χ2v) is 8.08. The zero-order valence-corrected chi connectivity index (χ0v) is 18.6. The van der Waals surface area contributed by atoms with Crippen molar-refractivity contribution in [3.05, 3.63) is 86.6 Å². The van der Waals surface area contributed by atoms with E-state index in [4.69, 9.17) is 4.74 Å². The topological polar surface area (TPSA) is 113 Å². The fraction of sp³-hybridized carbons (Fsp3) is 0.174. The summed E-state index contributed by atoms with van der Waals surface area (Å²) >= 11 is 1.33. The second-order valence-electron chi connectivity index (χ2n) is 6.96. The first-order valence-corrected chi connectivity index (χ1v) is 10.4. The summed E-state index contributed by atoms with van der Waals surface area (Å²) in [4.78, 5) is 17.0. The average molecular weight is 448 g/mol. The lowest BCUT2D eigenvalue weighted by molar-refractivity contribution is -0.387. The number of rotatable bonds is 8. The third kappa shape index (κ3) is 5.69. The third-order valence-corrected chi connectivity index (χ3v) is 5.53. The Labute approximate surface area is 190 Å². The Morgan fingerprint density at radius 2 is 2.00 bits per heavy atom. The number of methoxy groups -OCH3 is 1. The molecule has 3 aromatic rings. The summed E-state index contributed by atoms with van der Waals surface area (Å²) in [6.45, 7) is 4.07. The number of nitrogens with one attached hydrogen (secondary N) is 1. The molecule has 0 aliphatic rings. The number of nitriles is 1. The number of nitrogens with zero attached hydrogens (tertiary/aromatic N) is 4. The summed E-state index contributed by atoms with van der Waals surface area (Å²) in [5.74, 6) is 0.303. The molecule has 0 unspecified atom stereocenters. The molecular weight excluding hydrogens is 426 g/mol. The van der Waals surface area contributed by atoms with Crippen molar-refractivity contribution in [3.63, 3.8) is 0 Å². The van der Waals surface area contributed by atoms with Gasteiger partial charge in [0.05, 0.1) is 22.6 Å². The van der Waals surface area contributed by atoms with Crippen molar-refractivity contribution in [3.8, 4) is 6.07 Å². The highest BCUT2D eigenvalue weighted by Gasteiger charge is 2.16. The summed E-state index contributed by atoms with van der Waals surface area (Å²) in [7, 11) is 1.55. The Kier molecular flexibility index (Phi) is 7.54. The summed E-state index contributed by atoms with van der Waals surface area (Å²) < 4.78 is 5.14. The van der Waals surface area contributed by atoms with Crippen LogP contribution in [0.25, 0.3) is 0 Å². The molecule has 8 nitrogen and oxygen atoms in total. The van der Waals surface area contributed by atoms with Gasteiger partial charge in [-0.3, -0.25) is 15.5 Å². The molecule has 0 bridgehead atoms. The number of hydrazone groups is 1. The zero-order valence-electron chi connectivity index (χ0n) is 17.8. The van der Waals surface area contributed by atoms with Crippen LogP contribution in [0.1, 0.15) is 27.9 Å². The summed E-state index contributed by atoms with van der Waals surface area (Å²) in [5, 5.41) is 25.2. The van der Waals surface area contributed by atoms with Crippen molar-refractivity contribution in [1.29, 1.82) is 5.26 Å². The Bertz CT molecular complexity index is 1200. The van der Waals surface area contributed by atoms with Gasteiger partial charge < -0.3 is 4.74 Å². The molecule has 1 heterocycles. The summed E-state index contributed by atoms with van der Waals surface area (Å²) in [6.07, 6.45) is 1.45. The van der Waals surface area contributed by atoms with E-state index in [1.54, 1.807) is 25.3 Å². The van der Waals surface area contributed by atoms with Gasteiger partial charge in [-0.1, -0.05) is 35.5 Å². The number of hydrogen-bond donors (Lipinski definition) is 1. The van der Waals surface area contributed by atoms with Crippen LogP contribution < -0.4 is 5.43 Å². The first-order chi connectivity index (χ1) is 15.4. The normalized spacial score (nSPS) is 10.8. The van der Waals surface area contributed by atoms with E-state index in [9.17, 15) is 15.4 Å². The molecule has 0 saturated heterocycles. The smallest absolute Gasteiger partial charge is 0.283 e. The molecule has 0 aliphatic carbocycles. The van der Waals surface area contributed by atoms with Crippen molar-refractivity contribution in [1.82, 2.24) is 4.98 Å². The van der Waals surface area contributed by atoms with Gasteiger partial charge in [0.2, 0.25) is 0 Å². The van der Waals surface area contributed by atoms with Crippen molar-refractivity contribution >= 4 is 29.5 Å². The van der Waals surface area contributed by atoms with Crippen LogP contribution >= 0.6 is 11.8 Å². The van der Waals surface area contributed by atoms with Crippen LogP contribution in [-0.4, -0.2) is 23.2 Å². The fourth-order valence-corrected chi connectivity index (χ4v) is 3.86. The highest BCUT2D eigenvalue weighted by Crippen LogP contribution is 2.35. The largest absolute Gasteiger partial charge is 0.380 e. The molecule has 1 aromatic heterocycles. The SMILES string of the molecule is COCc1cc(C)nc(N/N=C\c2ccc(Sc3ccc(C)cc3)c([N+](=O)[O-])c2)c1C#N. The zero-order chi connectivity index (χ0) is 23.1. The van der Waals surface area contributed by atoms with Crippen LogP contribution in [0.15, 0.2) is 63.4 Å². The number of benzene rings is 2. The molecule has 3 rings (SSSR count). The molecule has 32 heavy (non-hydrogen) atoms. The lowest BCUT2D eigenvalue weighted by Crippen LogP contribution is -2.03. The molecule has 0 atom stereocenters. The lowest BCUT2D eigenvalue weighted by atomic mass is 10.1. The van der Waals surface area contributed by atoms with Gasteiger partial charge in [0.15, 0.2) is 5.82 Å². The average Bonchev–Trinajstić information content (AvgIpc) is 2.76. The predicted molar refractivity (Wildman–Crippen MR) is 124 cm³/mol. The number of nitro groups is 1. The number of ether oxygens (including phenoxy) is 1. The quantitative estimate of drug-likeness (QED) is 0.286. The van der Waals surface area contributed by atoms with Gasteiger partial charge in [0, 0.05) is 34.9 Å². The first-order valence-electron chi connectivity index (χ1n) is 9.63. The number of nitro benzene ring substituents is 1. The van der Waals surface area contributed by atoms with Gasteiger partial charge in [-0.25, -0.2) is 4.98 Å². The molecule has 0 fully saturated rings. The van der Waals surface area contributed by atoms with E-state index in [1.807, 2.05) is 38.1 Å². The van der Waals surface area contributed by atoms with Crippen LogP contribution in [0, 0.1) is 35.3 Å². The predicted octanol–water partition coefficient (Wildman–Crippen LogP) is 5.22. The molecule has 9 heteroatoms. The Hall–Kier alpha value is -3.74. The van der Waals surface area contributed by atoms with Gasteiger partial charge in [-0.15, -0.1) is 0 Å². The van der Waals surface area contributed by atoms with Gasteiger partial charge >= 0.3 is 0 Å². The van der Waals surface area contributed by atoms with Crippen molar-refractivity contribution in [2.24, 2.45) is 5.10 Å². The van der Waals surface area contributed by atoms with Crippen molar-refractivity contribution in [2.45, 2.75) is 30.2 Å². The Morgan fingerprint density at radius 1 is 1.25 bits per heavy atom. The van der Waals surface area contributed by atoms with Crippen LogP contribution in [0.3, 0.4) is 0 Å². The lowest BCUT2D eigenvalue weighted by Gasteiger charge is -2.09. The van der Waals surface area contributed by atoms with E-state index in [0.29, 0.717) is 33.1 Å². The van der Waals surface area contributed by atoms with Crippen molar-refractivity contribution in [2.75, 3.05) is 12.5 Å². The van der Waals surface area contributed by atoms with Crippen LogP contribution in [0.2, 0.25) is 0 Å². The molecule has 0 spiro atoms. The maximum absolute atomic E-state index is 11.6. The number of aromatic nitrogens is 1. The Balaban J connectivity index is 1.82. The molecule has 1 N–H and O–H groups in total.